The van der Waals surface area contributed by atoms with Gasteiger partial charge in [0.2, 0.25) is 0 Å². The zero-order valence-electron chi connectivity index (χ0n) is 5.36. The first-order valence-electron chi connectivity index (χ1n) is 1.94. The molecular formula is C7H8O3. The van der Waals surface area contributed by atoms with Gasteiger partial charge < -0.3 is 9.84 Å². The first-order valence-corrected chi connectivity index (χ1v) is 1.94. The summed E-state index contributed by atoms with van der Waals surface area (Å²) in [5.41, 5.74) is 0. The molecule has 0 aliphatic heterocycles. The Balaban J connectivity index is -0.000000105. The smallest absolute Gasteiger partial charge is 0.449 e. The van der Waals surface area contributed by atoms with Crippen molar-refractivity contribution in [3.8, 4) is 25.7 Å². The average Bonchev–Trinajstić information content (AvgIpc) is 1.96. The summed E-state index contributed by atoms with van der Waals surface area (Å²) < 4.78 is 3.72. The summed E-state index contributed by atoms with van der Waals surface area (Å²) in [7, 11) is 0. The minimum atomic E-state index is -1.33. The van der Waals surface area contributed by atoms with Gasteiger partial charge in [-0.15, -0.1) is 25.7 Å². The summed E-state index contributed by atoms with van der Waals surface area (Å²) in [6.07, 6.45) is 15.5. The topological polar surface area (TPSA) is 46.5 Å². The Morgan fingerprint density at radius 1 is 1.40 bits per heavy atom. The van der Waals surface area contributed by atoms with E-state index in [1.54, 1.807) is 0 Å². The Hall–Kier alpha value is -1.87. The summed E-state index contributed by atoms with van der Waals surface area (Å²) in [6, 6.07) is 0. The molecule has 0 bridgehead atoms. The van der Waals surface area contributed by atoms with Gasteiger partial charge in [-0.1, -0.05) is 6.58 Å². The van der Waals surface area contributed by atoms with Crippen molar-refractivity contribution in [3.05, 3.63) is 12.8 Å². The molecule has 54 valence electrons. The molecule has 0 atom stereocenters. The number of rotatable bonds is 1. The minimum Gasteiger partial charge on any atom is -0.449 e. The largest absolute Gasteiger partial charge is 0.510 e. The van der Waals surface area contributed by atoms with E-state index in [0.717, 1.165) is 6.26 Å². The molecule has 0 heterocycles. The van der Waals surface area contributed by atoms with Crippen molar-refractivity contribution in [2.24, 2.45) is 0 Å². The lowest BCUT2D eigenvalue weighted by atomic mass is 11.1. The highest BCUT2D eigenvalue weighted by atomic mass is 16.7. The third kappa shape index (κ3) is 126. The van der Waals surface area contributed by atoms with Crippen molar-refractivity contribution in [1.82, 2.24) is 0 Å². The van der Waals surface area contributed by atoms with Gasteiger partial charge in [-0.05, 0) is 0 Å². The Morgan fingerprint density at radius 3 is 1.70 bits per heavy atom. The second kappa shape index (κ2) is 27.3. The lowest BCUT2D eigenvalue weighted by molar-refractivity contribution is 0.128. The molecule has 3 nitrogen and oxygen atoms in total. The van der Waals surface area contributed by atoms with E-state index in [9.17, 15) is 4.79 Å². The standard InChI is InChI=1S/C3H4O3.2C2H2/c1-2-6-3(4)5;2*1-2/h2H,1H2,(H,4,5);2*1-2H. The first-order chi connectivity index (χ1) is 4.77. The predicted octanol–water partition coefficient (Wildman–Crippen LogP) is 1.32. The third-order valence-electron chi connectivity index (χ3n) is 0.184. The van der Waals surface area contributed by atoms with Gasteiger partial charge in [0.05, 0.1) is 6.26 Å². The van der Waals surface area contributed by atoms with Gasteiger partial charge in [-0.3, -0.25) is 0 Å². The van der Waals surface area contributed by atoms with E-state index in [1.807, 2.05) is 0 Å². The van der Waals surface area contributed by atoms with Crippen molar-refractivity contribution in [1.29, 1.82) is 0 Å². The molecule has 0 saturated heterocycles. The molecular weight excluding hydrogens is 132 g/mol. The van der Waals surface area contributed by atoms with Gasteiger partial charge in [0.25, 0.3) is 0 Å². The molecule has 0 aliphatic carbocycles. The van der Waals surface area contributed by atoms with E-state index in [4.69, 9.17) is 5.11 Å². The summed E-state index contributed by atoms with van der Waals surface area (Å²) in [5.74, 6) is 0. The van der Waals surface area contributed by atoms with Gasteiger partial charge in [0.1, 0.15) is 0 Å². The number of hydrogen-bond acceptors (Lipinski definition) is 2. The molecule has 0 spiro atoms. The fourth-order valence-corrected chi connectivity index (χ4v) is 0.0713. The maximum Gasteiger partial charge on any atom is 0.510 e. The van der Waals surface area contributed by atoms with Crippen LogP contribution in [0.25, 0.3) is 0 Å². The quantitative estimate of drug-likeness (QED) is 0.339. The maximum absolute atomic E-state index is 9.31. The molecule has 0 amide bonds. The van der Waals surface area contributed by atoms with Gasteiger partial charge in [0.15, 0.2) is 0 Å². The van der Waals surface area contributed by atoms with Crippen molar-refractivity contribution in [2.45, 2.75) is 0 Å². The summed E-state index contributed by atoms with van der Waals surface area (Å²) in [6.45, 7) is 3.00. The fraction of sp³-hybridized carbons (Fsp3) is 0. The molecule has 0 radical (unpaired) electrons. The van der Waals surface area contributed by atoms with E-state index in [1.165, 1.54) is 0 Å². The van der Waals surface area contributed by atoms with Gasteiger partial charge in [-0.25, -0.2) is 4.79 Å². The van der Waals surface area contributed by atoms with Crippen LogP contribution in [0, 0.1) is 25.7 Å². The van der Waals surface area contributed by atoms with Crippen LogP contribution in [0.2, 0.25) is 0 Å². The lowest BCUT2D eigenvalue weighted by Gasteiger charge is -1.81. The fourth-order valence-electron chi connectivity index (χ4n) is 0.0713. The van der Waals surface area contributed by atoms with Crippen LogP contribution in [0.15, 0.2) is 12.8 Å². The van der Waals surface area contributed by atoms with Crippen LogP contribution < -0.4 is 0 Å². The van der Waals surface area contributed by atoms with Crippen LogP contribution in [0.3, 0.4) is 0 Å². The monoisotopic (exact) mass is 140 g/mol. The van der Waals surface area contributed by atoms with Gasteiger partial charge >= 0.3 is 6.16 Å². The number of carboxylic acid groups (broad SMARTS) is 1. The third-order valence-corrected chi connectivity index (χ3v) is 0.184. The van der Waals surface area contributed by atoms with E-state index < -0.39 is 6.16 Å². The highest BCUT2D eigenvalue weighted by Gasteiger charge is 1.84. The van der Waals surface area contributed by atoms with Crippen molar-refractivity contribution < 1.29 is 14.6 Å². The Bertz CT molecular complexity index is 115. The lowest BCUT2D eigenvalue weighted by Crippen LogP contribution is -1.89. The summed E-state index contributed by atoms with van der Waals surface area (Å²) in [4.78, 5) is 9.31. The second-order valence-electron chi connectivity index (χ2n) is 0.550. The van der Waals surface area contributed by atoms with E-state index in [2.05, 4.69) is 37.0 Å². The number of terminal acetylenes is 2. The highest BCUT2D eigenvalue weighted by Crippen LogP contribution is 1.70. The second-order valence-corrected chi connectivity index (χ2v) is 0.550. The highest BCUT2D eigenvalue weighted by molar-refractivity contribution is 5.57. The maximum atomic E-state index is 9.31. The van der Waals surface area contributed by atoms with Crippen LogP contribution in [-0.4, -0.2) is 11.3 Å². The normalized spacial score (nSPS) is 4.40. The average molecular weight is 140 g/mol. The van der Waals surface area contributed by atoms with Crippen LogP contribution in [-0.2, 0) is 4.74 Å². The van der Waals surface area contributed by atoms with Crippen molar-refractivity contribution >= 4 is 6.16 Å². The van der Waals surface area contributed by atoms with Gasteiger partial charge in [0, 0.05) is 0 Å². The zero-order valence-corrected chi connectivity index (χ0v) is 5.36. The molecule has 0 aliphatic rings. The SMILES string of the molecule is C#C.C#C.C=COC(=O)O. The Kier molecular flexibility index (Phi) is 42.9. The summed E-state index contributed by atoms with van der Waals surface area (Å²) in [5, 5.41) is 7.62. The number of carbonyl (C=O) groups is 1. The molecule has 1 N–H and O–H groups in total. The van der Waals surface area contributed by atoms with Crippen LogP contribution in [0.4, 0.5) is 4.79 Å². The molecule has 0 unspecified atom stereocenters. The minimum absolute atomic E-state index is 0.850. The Morgan fingerprint density at radius 2 is 1.70 bits per heavy atom. The van der Waals surface area contributed by atoms with E-state index in [0.29, 0.717) is 0 Å². The van der Waals surface area contributed by atoms with Crippen LogP contribution in [0.1, 0.15) is 0 Å². The van der Waals surface area contributed by atoms with Crippen LogP contribution in [0.5, 0.6) is 0 Å². The first kappa shape index (κ1) is 15.7. The van der Waals surface area contributed by atoms with E-state index in [-0.39, 0.29) is 0 Å². The van der Waals surface area contributed by atoms with Crippen molar-refractivity contribution in [3.63, 3.8) is 0 Å². The van der Waals surface area contributed by atoms with Crippen molar-refractivity contribution in [2.75, 3.05) is 0 Å². The zero-order chi connectivity index (χ0) is 8.99. The molecule has 10 heavy (non-hydrogen) atoms. The molecule has 0 saturated carbocycles. The Labute approximate surface area is 60.3 Å². The molecule has 0 aromatic carbocycles. The van der Waals surface area contributed by atoms with Crippen LogP contribution >= 0.6 is 0 Å². The predicted molar refractivity (Wildman–Crippen MR) is 39.1 cm³/mol. The van der Waals surface area contributed by atoms with E-state index >= 15 is 0 Å². The molecule has 0 aromatic heterocycles. The summed E-state index contributed by atoms with van der Waals surface area (Å²) >= 11 is 0. The molecule has 0 aromatic rings. The van der Waals surface area contributed by atoms with Gasteiger partial charge in [-0.2, -0.15) is 0 Å². The number of hydrogen-bond donors (Lipinski definition) is 1. The number of ether oxygens (including phenoxy) is 1. The molecule has 3 heteroatoms. The molecule has 0 rings (SSSR count). The molecule has 0 fully saturated rings.